The lowest BCUT2D eigenvalue weighted by Gasteiger charge is -2.18. The highest BCUT2D eigenvalue weighted by Gasteiger charge is 2.28. The fourth-order valence-corrected chi connectivity index (χ4v) is 2.32. The van der Waals surface area contributed by atoms with Crippen molar-refractivity contribution in [1.29, 1.82) is 0 Å². The summed E-state index contributed by atoms with van der Waals surface area (Å²) in [6.07, 6.45) is 0.340. The summed E-state index contributed by atoms with van der Waals surface area (Å²) in [6, 6.07) is 7.42. The second kappa shape index (κ2) is 6.18. The van der Waals surface area contributed by atoms with E-state index in [1.54, 1.807) is 13.2 Å². The molecule has 1 aromatic rings. The van der Waals surface area contributed by atoms with E-state index in [2.05, 4.69) is 10.6 Å². The number of hydrogen-bond donors (Lipinski definition) is 2. The number of amides is 1. The molecule has 0 spiro atoms. The molecule has 0 aromatic heterocycles. The molecule has 18 heavy (non-hydrogen) atoms. The third kappa shape index (κ3) is 3.22. The number of ether oxygens (including phenoxy) is 1. The number of rotatable bonds is 4. The number of carbonyl (C=O) groups is 1. The van der Waals surface area contributed by atoms with Crippen LogP contribution >= 0.6 is 11.6 Å². The van der Waals surface area contributed by atoms with Crippen LogP contribution in [0.2, 0.25) is 5.02 Å². The van der Waals surface area contributed by atoms with E-state index < -0.39 is 0 Å². The van der Waals surface area contributed by atoms with Crippen LogP contribution in [0, 0.1) is 0 Å². The zero-order chi connectivity index (χ0) is 13.0. The Morgan fingerprint density at radius 3 is 3.00 bits per heavy atom. The van der Waals surface area contributed by atoms with Gasteiger partial charge in [0.25, 0.3) is 0 Å². The van der Waals surface area contributed by atoms with Gasteiger partial charge in [0, 0.05) is 25.2 Å². The Morgan fingerprint density at radius 2 is 2.28 bits per heavy atom. The Hall–Kier alpha value is -1.10. The molecule has 0 aliphatic carbocycles. The standard InChI is InChI=1S/C13H17ClN2O2/c1-18-12-8-15-7-11(12)16-13(17)6-9-4-2-3-5-10(9)14/h2-5,11-12,15H,6-8H2,1H3,(H,16,17)/t11?,12-/m0/s1. The first-order chi connectivity index (χ1) is 8.70. The Morgan fingerprint density at radius 1 is 1.50 bits per heavy atom. The summed E-state index contributed by atoms with van der Waals surface area (Å²) in [7, 11) is 1.66. The minimum atomic E-state index is -0.0288. The average Bonchev–Trinajstić information content (AvgIpc) is 2.79. The topological polar surface area (TPSA) is 50.4 Å². The lowest BCUT2D eigenvalue weighted by Crippen LogP contribution is -2.44. The minimum absolute atomic E-state index is 0.0288. The van der Waals surface area contributed by atoms with Gasteiger partial charge >= 0.3 is 0 Å². The molecule has 2 atom stereocenters. The number of methoxy groups -OCH3 is 1. The molecular weight excluding hydrogens is 252 g/mol. The van der Waals surface area contributed by atoms with Gasteiger partial charge in [-0.15, -0.1) is 0 Å². The van der Waals surface area contributed by atoms with Crippen molar-refractivity contribution < 1.29 is 9.53 Å². The van der Waals surface area contributed by atoms with E-state index in [9.17, 15) is 4.79 Å². The second-order valence-electron chi connectivity index (χ2n) is 4.37. The van der Waals surface area contributed by atoms with Crippen molar-refractivity contribution in [1.82, 2.24) is 10.6 Å². The summed E-state index contributed by atoms with van der Waals surface area (Å²) in [5.74, 6) is -0.0288. The third-order valence-electron chi connectivity index (χ3n) is 3.12. The fraction of sp³-hybridized carbons (Fsp3) is 0.462. The van der Waals surface area contributed by atoms with Gasteiger partial charge in [-0.2, -0.15) is 0 Å². The average molecular weight is 269 g/mol. The van der Waals surface area contributed by atoms with Crippen molar-refractivity contribution in [2.75, 3.05) is 20.2 Å². The van der Waals surface area contributed by atoms with E-state index in [-0.39, 0.29) is 18.1 Å². The molecule has 1 unspecified atom stereocenters. The normalized spacial score (nSPS) is 23.0. The van der Waals surface area contributed by atoms with Crippen LogP contribution < -0.4 is 10.6 Å². The number of benzene rings is 1. The summed E-state index contributed by atoms with van der Waals surface area (Å²) >= 11 is 6.02. The predicted octanol–water partition coefficient (Wildman–Crippen LogP) is 0.986. The first-order valence-electron chi connectivity index (χ1n) is 5.97. The van der Waals surface area contributed by atoms with Gasteiger partial charge in [0.1, 0.15) is 0 Å². The highest BCUT2D eigenvalue weighted by atomic mass is 35.5. The lowest BCUT2D eigenvalue weighted by atomic mass is 10.1. The van der Waals surface area contributed by atoms with Gasteiger partial charge in [-0.3, -0.25) is 4.79 Å². The molecule has 1 amide bonds. The summed E-state index contributed by atoms with van der Waals surface area (Å²) in [5.41, 5.74) is 0.844. The molecule has 5 heteroatoms. The third-order valence-corrected chi connectivity index (χ3v) is 3.49. The summed E-state index contributed by atoms with van der Waals surface area (Å²) in [6.45, 7) is 1.51. The quantitative estimate of drug-likeness (QED) is 0.856. The monoisotopic (exact) mass is 268 g/mol. The Bertz CT molecular complexity index is 425. The Labute approximate surface area is 112 Å². The van der Waals surface area contributed by atoms with E-state index in [4.69, 9.17) is 16.3 Å². The van der Waals surface area contributed by atoms with Gasteiger partial charge in [-0.25, -0.2) is 0 Å². The minimum Gasteiger partial charge on any atom is -0.378 e. The van der Waals surface area contributed by atoms with Crippen molar-refractivity contribution in [3.05, 3.63) is 34.9 Å². The zero-order valence-electron chi connectivity index (χ0n) is 10.3. The molecule has 2 N–H and O–H groups in total. The first-order valence-corrected chi connectivity index (χ1v) is 6.35. The Balaban J connectivity index is 1.91. The molecule has 2 rings (SSSR count). The first kappa shape index (κ1) is 13.3. The van der Waals surface area contributed by atoms with Crippen LogP contribution in [0.25, 0.3) is 0 Å². The van der Waals surface area contributed by atoms with E-state index in [0.29, 0.717) is 11.4 Å². The molecule has 1 aromatic carbocycles. The maximum atomic E-state index is 11.9. The molecule has 1 aliphatic rings. The van der Waals surface area contributed by atoms with Gasteiger partial charge in [-0.1, -0.05) is 29.8 Å². The van der Waals surface area contributed by atoms with Crippen molar-refractivity contribution in [3.8, 4) is 0 Å². The molecule has 98 valence electrons. The fourth-order valence-electron chi connectivity index (χ4n) is 2.12. The summed E-state index contributed by atoms with van der Waals surface area (Å²) < 4.78 is 5.30. The number of nitrogens with one attached hydrogen (secondary N) is 2. The number of hydrogen-bond acceptors (Lipinski definition) is 3. The molecule has 1 heterocycles. The van der Waals surface area contributed by atoms with E-state index >= 15 is 0 Å². The number of carbonyl (C=O) groups excluding carboxylic acids is 1. The van der Waals surface area contributed by atoms with Crippen LogP contribution in [0.15, 0.2) is 24.3 Å². The molecule has 1 aliphatic heterocycles. The smallest absolute Gasteiger partial charge is 0.224 e. The molecule has 1 fully saturated rings. The number of halogens is 1. The van der Waals surface area contributed by atoms with Gasteiger partial charge in [0.05, 0.1) is 18.6 Å². The van der Waals surface area contributed by atoms with Crippen molar-refractivity contribution in [3.63, 3.8) is 0 Å². The van der Waals surface area contributed by atoms with Gasteiger partial charge in [0.15, 0.2) is 0 Å². The molecule has 0 bridgehead atoms. The van der Waals surface area contributed by atoms with Crippen molar-refractivity contribution in [2.45, 2.75) is 18.6 Å². The van der Waals surface area contributed by atoms with E-state index in [0.717, 1.165) is 18.7 Å². The van der Waals surface area contributed by atoms with Crippen molar-refractivity contribution >= 4 is 17.5 Å². The maximum Gasteiger partial charge on any atom is 0.224 e. The van der Waals surface area contributed by atoms with Gasteiger partial charge in [0.2, 0.25) is 5.91 Å². The summed E-state index contributed by atoms with van der Waals surface area (Å²) in [4.78, 5) is 11.9. The molecule has 1 saturated heterocycles. The molecule has 4 nitrogen and oxygen atoms in total. The lowest BCUT2D eigenvalue weighted by molar-refractivity contribution is -0.121. The Kier molecular flexibility index (Phi) is 4.58. The SMILES string of the molecule is CO[C@H]1CNCC1NC(=O)Cc1ccccc1Cl. The molecule has 0 radical (unpaired) electrons. The van der Waals surface area contributed by atoms with Crippen LogP contribution in [0.5, 0.6) is 0 Å². The highest BCUT2D eigenvalue weighted by Crippen LogP contribution is 2.15. The van der Waals surface area contributed by atoms with Gasteiger partial charge in [-0.05, 0) is 11.6 Å². The van der Waals surface area contributed by atoms with Crippen LogP contribution in [0.1, 0.15) is 5.56 Å². The van der Waals surface area contributed by atoms with Crippen LogP contribution in [0.3, 0.4) is 0 Å². The molecular formula is C13H17ClN2O2. The van der Waals surface area contributed by atoms with Crippen LogP contribution in [0.4, 0.5) is 0 Å². The highest BCUT2D eigenvalue weighted by molar-refractivity contribution is 6.31. The van der Waals surface area contributed by atoms with Crippen molar-refractivity contribution in [2.24, 2.45) is 0 Å². The zero-order valence-corrected chi connectivity index (χ0v) is 11.0. The van der Waals surface area contributed by atoms with Crippen LogP contribution in [-0.4, -0.2) is 38.3 Å². The maximum absolute atomic E-state index is 11.9. The largest absolute Gasteiger partial charge is 0.378 e. The molecule has 0 saturated carbocycles. The summed E-state index contributed by atoms with van der Waals surface area (Å²) in [5, 5.41) is 6.78. The predicted molar refractivity (Wildman–Crippen MR) is 70.8 cm³/mol. The van der Waals surface area contributed by atoms with E-state index in [1.165, 1.54) is 0 Å². The van der Waals surface area contributed by atoms with Crippen LogP contribution in [-0.2, 0) is 16.0 Å². The van der Waals surface area contributed by atoms with E-state index in [1.807, 2.05) is 18.2 Å². The van der Waals surface area contributed by atoms with Gasteiger partial charge < -0.3 is 15.4 Å². The second-order valence-corrected chi connectivity index (χ2v) is 4.78.